The molecular formula is C13H14N4O3S. The van der Waals surface area contributed by atoms with Gasteiger partial charge in [-0.05, 0) is 24.6 Å². The van der Waals surface area contributed by atoms with Crippen molar-refractivity contribution in [3.8, 4) is 0 Å². The summed E-state index contributed by atoms with van der Waals surface area (Å²) in [7, 11) is -3.75. The molecule has 0 bridgehead atoms. The van der Waals surface area contributed by atoms with Crippen LogP contribution in [0.4, 0.5) is 5.69 Å². The van der Waals surface area contributed by atoms with Crippen molar-refractivity contribution in [3.05, 3.63) is 42.5 Å². The SMILES string of the molecule is Nc1ccc2c(c1)C(=O)N(CCCn1ccnc1)S2(=O)=O. The number of aromatic nitrogens is 2. The molecule has 1 aromatic heterocycles. The predicted octanol–water partition coefficient (Wildman–Crippen LogP) is 0.700. The third-order valence-corrected chi connectivity index (χ3v) is 5.21. The van der Waals surface area contributed by atoms with Crippen molar-refractivity contribution in [2.75, 3.05) is 12.3 Å². The highest BCUT2D eigenvalue weighted by molar-refractivity contribution is 7.90. The molecule has 1 amide bonds. The Kier molecular flexibility index (Phi) is 3.17. The summed E-state index contributed by atoms with van der Waals surface area (Å²) in [5.41, 5.74) is 6.14. The lowest BCUT2D eigenvalue weighted by Crippen LogP contribution is -2.31. The van der Waals surface area contributed by atoms with Gasteiger partial charge < -0.3 is 10.3 Å². The van der Waals surface area contributed by atoms with Gasteiger partial charge in [-0.25, -0.2) is 17.7 Å². The number of hydrogen-bond donors (Lipinski definition) is 1. The lowest BCUT2D eigenvalue weighted by atomic mass is 10.2. The van der Waals surface area contributed by atoms with Crippen molar-refractivity contribution in [1.29, 1.82) is 0 Å². The fourth-order valence-electron chi connectivity index (χ4n) is 2.34. The molecule has 0 spiro atoms. The van der Waals surface area contributed by atoms with E-state index in [1.807, 2.05) is 4.57 Å². The third-order valence-electron chi connectivity index (χ3n) is 3.37. The van der Waals surface area contributed by atoms with Gasteiger partial charge in [0.15, 0.2) is 0 Å². The first kappa shape index (κ1) is 13.6. The molecule has 2 heterocycles. The highest BCUT2D eigenvalue weighted by Crippen LogP contribution is 2.31. The van der Waals surface area contributed by atoms with E-state index in [1.165, 1.54) is 18.2 Å². The zero-order valence-electron chi connectivity index (χ0n) is 11.1. The van der Waals surface area contributed by atoms with E-state index in [4.69, 9.17) is 5.73 Å². The van der Waals surface area contributed by atoms with E-state index in [2.05, 4.69) is 4.98 Å². The molecule has 2 N–H and O–H groups in total. The Morgan fingerprint density at radius 3 is 2.76 bits per heavy atom. The maximum Gasteiger partial charge on any atom is 0.269 e. The molecule has 1 aromatic carbocycles. The summed E-state index contributed by atoms with van der Waals surface area (Å²) < 4.78 is 27.4. The van der Waals surface area contributed by atoms with Crippen molar-refractivity contribution in [2.24, 2.45) is 0 Å². The van der Waals surface area contributed by atoms with Crippen LogP contribution < -0.4 is 5.73 Å². The molecule has 0 unspecified atom stereocenters. The van der Waals surface area contributed by atoms with E-state index in [-0.39, 0.29) is 17.0 Å². The Balaban J connectivity index is 1.79. The van der Waals surface area contributed by atoms with Crippen LogP contribution in [0.15, 0.2) is 41.8 Å². The molecule has 3 rings (SSSR count). The van der Waals surface area contributed by atoms with E-state index in [0.717, 1.165) is 4.31 Å². The first-order valence-corrected chi connectivity index (χ1v) is 7.86. The van der Waals surface area contributed by atoms with Gasteiger partial charge in [0.1, 0.15) is 4.90 Å². The first-order chi connectivity index (χ1) is 10.00. The topological polar surface area (TPSA) is 98.3 Å². The van der Waals surface area contributed by atoms with Crippen molar-refractivity contribution >= 4 is 21.6 Å². The summed E-state index contributed by atoms with van der Waals surface area (Å²) in [5, 5.41) is 0. The minimum Gasteiger partial charge on any atom is -0.399 e. The third kappa shape index (κ3) is 2.27. The van der Waals surface area contributed by atoms with Crippen molar-refractivity contribution in [3.63, 3.8) is 0 Å². The number of hydrogen-bond acceptors (Lipinski definition) is 5. The van der Waals surface area contributed by atoms with Gasteiger partial charge in [0, 0.05) is 31.2 Å². The molecular weight excluding hydrogens is 292 g/mol. The van der Waals surface area contributed by atoms with Gasteiger partial charge in [0.05, 0.1) is 11.9 Å². The molecule has 7 nitrogen and oxygen atoms in total. The number of fused-ring (bicyclic) bond motifs is 1. The van der Waals surface area contributed by atoms with Crippen molar-refractivity contribution in [1.82, 2.24) is 13.9 Å². The minimum atomic E-state index is -3.75. The lowest BCUT2D eigenvalue weighted by Gasteiger charge is -2.14. The largest absolute Gasteiger partial charge is 0.399 e. The Morgan fingerprint density at radius 1 is 1.24 bits per heavy atom. The molecule has 8 heteroatoms. The van der Waals surface area contributed by atoms with Crippen LogP contribution in [0.25, 0.3) is 0 Å². The van der Waals surface area contributed by atoms with Gasteiger partial charge in [0.2, 0.25) is 0 Å². The monoisotopic (exact) mass is 306 g/mol. The van der Waals surface area contributed by atoms with E-state index >= 15 is 0 Å². The molecule has 0 saturated heterocycles. The second-order valence-corrected chi connectivity index (χ2v) is 6.62. The molecule has 0 fully saturated rings. The average Bonchev–Trinajstić information content (AvgIpc) is 3.00. The quantitative estimate of drug-likeness (QED) is 0.838. The van der Waals surface area contributed by atoms with Crippen LogP contribution in [0.1, 0.15) is 16.8 Å². The number of anilines is 1. The van der Waals surface area contributed by atoms with Gasteiger partial charge in [0.25, 0.3) is 15.9 Å². The van der Waals surface area contributed by atoms with E-state index < -0.39 is 15.9 Å². The van der Waals surface area contributed by atoms with E-state index in [9.17, 15) is 13.2 Å². The molecule has 0 aliphatic carbocycles. The van der Waals surface area contributed by atoms with Crippen LogP contribution in [-0.4, -0.2) is 34.7 Å². The molecule has 2 aromatic rings. The van der Waals surface area contributed by atoms with Gasteiger partial charge in [-0.15, -0.1) is 0 Å². The van der Waals surface area contributed by atoms with Crippen molar-refractivity contribution < 1.29 is 13.2 Å². The number of imidazole rings is 1. The van der Waals surface area contributed by atoms with Gasteiger partial charge >= 0.3 is 0 Å². The molecule has 21 heavy (non-hydrogen) atoms. The van der Waals surface area contributed by atoms with Gasteiger partial charge in [-0.2, -0.15) is 0 Å². The zero-order chi connectivity index (χ0) is 15.0. The Labute approximate surface area is 122 Å². The van der Waals surface area contributed by atoms with E-state index in [1.54, 1.807) is 18.7 Å². The standard InChI is InChI=1S/C13H14N4O3S/c14-10-2-3-12-11(8-10)13(18)17(21(12,19)20)6-1-5-16-7-4-15-9-16/h2-4,7-9H,1,5-6,14H2. The summed E-state index contributed by atoms with van der Waals surface area (Å²) in [6, 6.07) is 4.28. The fraction of sp³-hybridized carbons (Fsp3) is 0.231. The van der Waals surface area contributed by atoms with Crippen LogP contribution in [0.3, 0.4) is 0 Å². The van der Waals surface area contributed by atoms with Crippen LogP contribution >= 0.6 is 0 Å². The molecule has 110 valence electrons. The number of carbonyl (C=O) groups excluding carboxylic acids is 1. The van der Waals surface area contributed by atoms with E-state index in [0.29, 0.717) is 18.7 Å². The number of nitrogen functional groups attached to an aromatic ring is 1. The fourth-order valence-corrected chi connectivity index (χ4v) is 3.93. The van der Waals surface area contributed by atoms with Crippen LogP contribution in [-0.2, 0) is 16.6 Å². The van der Waals surface area contributed by atoms with Crippen LogP contribution in [0.5, 0.6) is 0 Å². The Hall–Kier alpha value is -2.35. The smallest absolute Gasteiger partial charge is 0.269 e. The number of carbonyl (C=O) groups is 1. The Bertz CT molecular complexity index is 784. The zero-order valence-corrected chi connectivity index (χ0v) is 12.0. The highest BCUT2D eigenvalue weighted by atomic mass is 32.2. The summed E-state index contributed by atoms with van der Waals surface area (Å²) in [4.78, 5) is 16.2. The number of sulfonamides is 1. The number of amides is 1. The number of benzene rings is 1. The number of nitrogens with two attached hydrogens (primary N) is 1. The average molecular weight is 306 g/mol. The summed E-state index contributed by atoms with van der Waals surface area (Å²) in [6.45, 7) is 0.728. The van der Waals surface area contributed by atoms with Gasteiger partial charge in [-0.3, -0.25) is 4.79 Å². The number of rotatable bonds is 4. The molecule has 0 saturated carbocycles. The highest BCUT2D eigenvalue weighted by Gasteiger charge is 2.40. The van der Waals surface area contributed by atoms with Gasteiger partial charge in [-0.1, -0.05) is 0 Å². The predicted molar refractivity (Wildman–Crippen MR) is 75.9 cm³/mol. The maximum atomic E-state index is 12.3. The second kappa shape index (κ2) is 4.88. The molecule has 1 aliphatic rings. The van der Waals surface area contributed by atoms with Crippen LogP contribution in [0, 0.1) is 0 Å². The molecule has 0 radical (unpaired) electrons. The molecule has 1 aliphatic heterocycles. The first-order valence-electron chi connectivity index (χ1n) is 6.42. The maximum absolute atomic E-state index is 12.3. The lowest BCUT2D eigenvalue weighted by molar-refractivity contribution is 0.0869. The van der Waals surface area contributed by atoms with Crippen molar-refractivity contribution in [2.45, 2.75) is 17.9 Å². The Morgan fingerprint density at radius 2 is 2.05 bits per heavy atom. The number of nitrogens with zero attached hydrogens (tertiary/aromatic N) is 3. The summed E-state index contributed by atoms with van der Waals surface area (Å²) >= 11 is 0. The minimum absolute atomic E-state index is 0.0318. The normalized spacial score (nSPS) is 16.2. The number of aryl methyl sites for hydroxylation is 1. The second-order valence-electron chi connectivity index (χ2n) is 4.79. The molecule has 0 atom stereocenters. The summed E-state index contributed by atoms with van der Waals surface area (Å²) in [5.74, 6) is -0.511. The summed E-state index contributed by atoms with van der Waals surface area (Å²) in [6.07, 6.45) is 5.60. The van der Waals surface area contributed by atoms with Crippen LogP contribution in [0.2, 0.25) is 0 Å².